The van der Waals surface area contributed by atoms with Gasteiger partial charge in [0, 0.05) is 29.0 Å². The maximum absolute atomic E-state index is 13.8. The maximum Gasteiger partial charge on any atom is 0.282 e. The normalized spacial score (nSPS) is 13.6. The molecule has 36 heavy (non-hydrogen) atoms. The van der Waals surface area contributed by atoms with E-state index < -0.39 is 29.5 Å². The van der Waals surface area contributed by atoms with Crippen molar-refractivity contribution in [2.24, 2.45) is 0 Å². The largest absolute Gasteiger partial charge is 0.292 e. The molecule has 3 aromatic carbocycles. The Kier molecular flexibility index (Phi) is 8.14. The molecule has 1 aliphatic heterocycles. The summed E-state index contributed by atoms with van der Waals surface area (Å²) in [6.07, 6.45) is 0. The summed E-state index contributed by atoms with van der Waals surface area (Å²) >= 11 is 25.6. The first-order chi connectivity index (χ1) is 17.0. The Morgan fingerprint density at radius 3 is 1.81 bits per heavy atom. The van der Waals surface area contributed by atoms with Gasteiger partial charge in [-0.1, -0.05) is 53.5 Å². The summed E-state index contributed by atoms with van der Waals surface area (Å²) < 4.78 is 1.62. The first kappa shape index (κ1) is 27.5. The number of rotatable bonds is 5. The minimum absolute atomic E-state index is 0.0354. The summed E-state index contributed by atoms with van der Waals surface area (Å²) in [6.45, 7) is 1.45. The van der Waals surface area contributed by atoms with Gasteiger partial charge in [-0.2, -0.15) is 5.01 Å². The van der Waals surface area contributed by atoms with Gasteiger partial charge in [-0.25, -0.2) is 5.01 Å². The third-order valence-corrected chi connectivity index (χ3v) is 11.0. The van der Waals surface area contributed by atoms with E-state index in [0.29, 0.717) is 28.5 Å². The molecular weight excluding hydrogens is 771 g/mol. The number of halogens is 6. The molecule has 0 bridgehead atoms. The second-order valence-electron chi connectivity index (χ2n) is 7.61. The summed E-state index contributed by atoms with van der Waals surface area (Å²) in [5.74, 6) is -2.82. The van der Waals surface area contributed by atoms with Gasteiger partial charge in [0.25, 0.3) is 17.7 Å². The molecule has 6 nitrogen and oxygen atoms in total. The third kappa shape index (κ3) is 4.61. The van der Waals surface area contributed by atoms with Gasteiger partial charge in [0.2, 0.25) is 0 Å². The monoisotopic (exact) mass is 778 g/mol. The van der Waals surface area contributed by atoms with Gasteiger partial charge in [-0.05, 0) is 88.8 Å². The zero-order valence-corrected chi connectivity index (χ0v) is 25.8. The van der Waals surface area contributed by atoms with Crippen LogP contribution in [-0.2, 0) is 0 Å². The van der Waals surface area contributed by atoms with Crippen LogP contribution in [0.1, 0.15) is 48.4 Å². The van der Waals surface area contributed by atoms with Gasteiger partial charge in [0.05, 0.1) is 21.2 Å². The summed E-state index contributed by atoms with van der Waals surface area (Å²) in [7, 11) is 0. The molecule has 1 atom stereocenters. The predicted molar refractivity (Wildman–Crippen MR) is 151 cm³/mol. The van der Waals surface area contributed by atoms with Crippen LogP contribution < -0.4 is 0 Å². The highest BCUT2D eigenvalue weighted by molar-refractivity contribution is 9.15. The Balaban J connectivity index is 1.89. The maximum atomic E-state index is 13.8. The van der Waals surface area contributed by atoms with E-state index in [1.165, 1.54) is 25.1 Å². The molecule has 0 unspecified atom stereocenters. The Labute approximate surface area is 249 Å². The van der Waals surface area contributed by atoms with Crippen molar-refractivity contribution in [3.05, 3.63) is 98.7 Å². The number of hydrogen-bond acceptors (Lipinski definition) is 4. The van der Waals surface area contributed by atoms with E-state index >= 15 is 0 Å². The molecule has 184 valence electrons. The molecular formula is C24H12Br4Cl2N2O4. The number of ketones is 1. The van der Waals surface area contributed by atoms with Crippen molar-refractivity contribution in [1.82, 2.24) is 10.0 Å². The fourth-order valence-electron chi connectivity index (χ4n) is 3.69. The van der Waals surface area contributed by atoms with Crippen molar-refractivity contribution in [1.29, 1.82) is 0 Å². The Bertz CT molecular complexity index is 1420. The highest BCUT2D eigenvalue weighted by Gasteiger charge is 2.48. The minimum Gasteiger partial charge on any atom is -0.292 e. The summed E-state index contributed by atoms with van der Waals surface area (Å²) in [6, 6.07) is 11.2. The highest BCUT2D eigenvalue weighted by atomic mass is 79.9. The lowest BCUT2D eigenvalue weighted by Gasteiger charge is -2.34. The van der Waals surface area contributed by atoms with Crippen LogP contribution in [0.3, 0.4) is 0 Å². The van der Waals surface area contributed by atoms with Gasteiger partial charge in [0.15, 0.2) is 5.78 Å². The van der Waals surface area contributed by atoms with Crippen LogP contribution in [-0.4, -0.2) is 39.6 Å². The van der Waals surface area contributed by atoms with Crippen molar-refractivity contribution in [3.63, 3.8) is 0 Å². The van der Waals surface area contributed by atoms with Gasteiger partial charge in [-0.15, -0.1) is 0 Å². The molecule has 4 rings (SSSR count). The number of Topliss-reactive ketones (excluding diaryl/α,β-unsaturated/α-hetero) is 1. The SMILES string of the molecule is C[C@H](C(=O)c1ccccc1)N(C(=O)c1ccc(Cl)c(Cl)c1)N1C(=O)c2c(Br)c(Br)c(Br)c(Br)c2C1=O. The van der Waals surface area contributed by atoms with E-state index in [1.807, 2.05) is 0 Å². The molecule has 3 aromatic rings. The number of hydrogen-bond donors (Lipinski definition) is 0. The van der Waals surface area contributed by atoms with Crippen molar-refractivity contribution >= 4 is 110 Å². The second kappa shape index (κ2) is 10.7. The summed E-state index contributed by atoms with van der Waals surface area (Å²) in [4.78, 5) is 54.5. The zero-order chi connectivity index (χ0) is 26.5. The molecule has 3 amide bonds. The molecule has 12 heteroatoms. The summed E-state index contributed by atoms with van der Waals surface area (Å²) in [5.41, 5.74) is 0.414. The highest BCUT2D eigenvalue weighted by Crippen LogP contribution is 2.46. The van der Waals surface area contributed by atoms with Gasteiger partial charge in [-0.3, -0.25) is 19.2 Å². The van der Waals surface area contributed by atoms with Crippen LogP contribution in [0.15, 0.2) is 66.4 Å². The van der Waals surface area contributed by atoms with Crippen molar-refractivity contribution in [2.45, 2.75) is 13.0 Å². The predicted octanol–water partition coefficient (Wildman–Crippen LogP) is 7.97. The molecule has 0 radical (unpaired) electrons. The summed E-state index contributed by atoms with van der Waals surface area (Å²) in [5, 5.41) is 1.87. The number of benzene rings is 3. The molecule has 0 fully saturated rings. The van der Waals surface area contributed by atoms with Gasteiger partial charge < -0.3 is 0 Å². The van der Waals surface area contributed by atoms with Crippen molar-refractivity contribution in [2.75, 3.05) is 0 Å². The number of hydrazine groups is 1. The molecule has 1 aliphatic rings. The molecule has 0 spiro atoms. The number of amides is 3. The van der Waals surface area contributed by atoms with E-state index in [0.717, 1.165) is 5.01 Å². The van der Waals surface area contributed by atoms with Gasteiger partial charge in [0.1, 0.15) is 6.04 Å². The molecule has 0 saturated heterocycles. The van der Waals surface area contributed by atoms with Crippen LogP contribution in [0.5, 0.6) is 0 Å². The van der Waals surface area contributed by atoms with Crippen molar-refractivity contribution < 1.29 is 19.2 Å². The van der Waals surface area contributed by atoms with Crippen molar-refractivity contribution in [3.8, 4) is 0 Å². The zero-order valence-electron chi connectivity index (χ0n) is 18.0. The fourth-order valence-corrected chi connectivity index (χ4v) is 6.44. The lowest BCUT2D eigenvalue weighted by atomic mass is 10.0. The molecule has 1 heterocycles. The average molecular weight is 783 g/mol. The Morgan fingerprint density at radius 1 is 0.778 bits per heavy atom. The molecule has 0 aromatic heterocycles. The number of carbonyl (C=O) groups excluding carboxylic acids is 4. The number of nitrogens with zero attached hydrogens (tertiary/aromatic N) is 2. The molecule has 0 N–H and O–H groups in total. The number of imide groups is 1. The second-order valence-corrected chi connectivity index (χ2v) is 11.6. The quantitative estimate of drug-likeness (QED) is 0.114. The first-order valence-corrected chi connectivity index (χ1v) is 14.0. The van der Waals surface area contributed by atoms with E-state index in [-0.39, 0.29) is 26.7 Å². The minimum atomic E-state index is -1.24. The van der Waals surface area contributed by atoms with Crippen LogP contribution in [0, 0.1) is 0 Å². The smallest absolute Gasteiger partial charge is 0.282 e. The van der Waals surface area contributed by atoms with Crippen LogP contribution in [0.2, 0.25) is 10.0 Å². The van der Waals surface area contributed by atoms with Crippen LogP contribution in [0.25, 0.3) is 0 Å². The number of fused-ring (bicyclic) bond motifs is 1. The molecule has 0 saturated carbocycles. The fraction of sp³-hybridized carbons (Fsp3) is 0.0833. The van der Waals surface area contributed by atoms with E-state index in [9.17, 15) is 19.2 Å². The first-order valence-electron chi connectivity index (χ1n) is 10.1. The Hall–Kier alpha value is -1.56. The van der Waals surface area contributed by atoms with E-state index in [2.05, 4.69) is 63.7 Å². The topological polar surface area (TPSA) is 74.8 Å². The van der Waals surface area contributed by atoms with Crippen LogP contribution >= 0.6 is 86.9 Å². The third-order valence-electron chi connectivity index (χ3n) is 5.47. The lowest BCUT2D eigenvalue weighted by Crippen LogP contribution is -2.56. The van der Waals surface area contributed by atoms with Crippen LogP contribution in [0.4, 0.5) is 0 Å². The number of carbonyl (C=O) groups is 4. The average Bonchev–Trinajstić information content (AvgIpc) is 3.13. The van der Waals surface area contributed by atoms with Gasteiger partial charge >= 0.3 is 0 Å². The lowest BCUT2D eigenvalue weighted by molar-refractivity contribution is -0.00685. The standard InChI is InChI=1S/C24H12Br4Cl2N2O4/c1-10(21(33)11-5-3-2-4-6-11)31(22(34)12-7-8-13(29)14(30)9-12)32-23(35)15-16(24(32)36)18(26)20(28)19(27)17(15)25/h2-10H,1H3/t10-/m1/s1. The Morgan fingerprint density at radius 2 is 1.31 bits per heavy atom. The van der Waals surface area contributed by atoms with E-state index in [1.54, 1.807) is 30.3 Å². The molecule has 0 aliphatic carbocycles. The van der Waals surface area contributed by atoms with E-state index in [4.69, 9.17) is 23.2 Å².